The molecule has 1 aromatic carbocycles. The van der Waals surface area contributed by atoms with Crippen LogP contribution >= 0.6 is 24.2 Å². The molecule has 0 bridgehead atoms. The van der Waals surface area contributed by atoms with Crippen LogP contribution in [0, 0.1) is 0 Å². The minimum atomic E-state index is -4.22. The summed E-state index contributed by atoms with van der Waals surface area (Å²) >= 11 is -0.0593. The van der Waals surface area contributed by atoms with Gasteiger partial charge in [0.2, 0.25) is 0 Å². The molecule has 2 nitrogen and oxygen atoms in total. The van der Waals surface area contributed by atoms with Crippen LogP contribution in [0.4, 0.5) is 13.2 Å². The van der Waals surface area contributed by atoms with Crippen molar-refractivity contribution in [2.45, 2.75) is 29.8 Å². The highest BCUT2D eigenvalue weighted by Gasteiger charge is 2.29. The average molecular weight is 341 g/mol. The van der Waals surface area contributed by atoms with E-state index in [9.17, 15) is 13.2 Å². The van der Waals surface area contributed by atoms with Crippen LogP contribution < -0.4 is 5.32 Å². The van der Waals surface area contributed by atoms with E-state index in [1.165, 1.54) is 0 Å². The Bertz CT molecular complexity index is 419. The van der Waals surface area contributed by atoms with Gasteiger partial charge in [0.15, 0.2) is 0 Å². The van der Waals surface area contributed by atoms with Crippen LogP contribution in [0.15, 0.2) is 29.2 Å². The van der Waals surface area contributed by atoms with Gasteiger partial charge in [0.1, 0.15) is 0 Å². The predicted molar refractivity (Wildman–Crippen MR) is 83.1 cm³/mol. The normalized spacial score (nSPS) is 18.1. The Morgan fingerprint density at radius 3 is 2.24 bits per heavy atom. The SMILES string of the molecule is CC[C@H](c1ccc(SC(F)(F)F)cc1)N1CCNCC1.Cl. The molecule has 21 heavy (non-hydrogen) atoms. The third-order valence-corrected chi connectivity index (χ3v) is 4.22. The number of piperazine rings is 1. The Labute approximate surface area is 133 Å². The summed E-state index contributed by atoms with van der Waals surface area (Å²) in [6, 6.07) is 7.08. The minimum Gasteiger partial charge on any atom is -0.314 e. The van der Waals surface area contributed by atoms with E-state index in [4.69, 9.17) is 0 Å². The van der Waals surface area contributed by atoms with Gasteiger partial charge in [-0.15, -0.1) is 12.4 Å². The molecule has 1 heterocycles. The number of hydrogen-bond donors (Lipinski definition) is 1. The first-order valence-corrected chi connectivity index (χ1v) is 7.61. The second-order valence-electron chi connectivity index (χ2n) is 4.83. The van der Waals surface area contributed by atoms with Crippen LogP contribution in [0.1, 0.15) is 24.9 Å². The van der Waals surface area contributed by atoms with Gasteiger partial charge in [-0.05, 0) is 35.9 Å². The average Bonchev–Trinajstić information content (AvgIpc) is 2.41. The highest BCUT2D eigenvalue weighted by molar-refractivity contribution is 8.00. The molecular weight excluding hydrogens is 321 g/mol. The molecule has 1 N–H and O–H groups in total. The molecule has 1 atom stereocenters. The van der Waals surface area contributed by atoms with Crippen molar-refractivity contribution in [1.29, 1.82) is 0 Å². The predicted octanol–water partition coefficient (Wildman–Crippen LogP) is 4.08. The lowest BCUT2D eigenvalue weighted by Crippen LogP contribution is -2.45. The molecule has 1 aromatic rings. The standard InChI is InChI=1S/C14H19F3N2S.ClH/c1-2-13(19-9-7-18-8-10-19)11-3-5-12(6-4-11)20-14(15,16)17;/h3-6,13,18H,2,7-10H2,1H3;1H/t13-;/m1./s1. The van der Waals surface area contributed by atoms with Gasteiger partial charge >= 0.3 is 5.51 Å². The number of rotatable bonds is 4. The zero-order valence-corrected chi connectivity index (χ0v) is 13.5. The molecule has 0 radical (unpaired) electrons. The lowest BCUT2D eigenvalue weighted by Gasteiger charge is -2.34. The third kappa shape index (κ3) is 5.70. The maximum Gasteiger partial charge on any atom is 0.446 e. The molecule has 120 valence electrons. The zero-order chi connectivity index (χ0) is 14.6. The molecule has 1 aliphatic heterocycles. The van der Waals surface area contributed by atoms with Crippen molar-refractivity contribution in [2.75, 3.05) is 26.2 Å². The third-order valence-electron chi connectivity index (χ3n) is 3.48. The second-order valence-corrected chi connectivity index (χ2v) is 5.97. The summed E-state index contributed by atoms with van der Waals surface area (Å²) in [4.78, 5) is 2.64. The van der Waals surface area contributed by atoms with E-state index in [2.05, 4.69) is 17.1 Å². The molecule has 1 saturated heterocycles. The number of benzene rings is 1. The van der Waals surface area contributed by atoms with Crippen molar-refractivity contribution in [2.24, 2.45) is 0 Å². The molecule has 0 saturated carbocycles. The van der Waals surface area contributed by atoms with E-state index in [0.717, 1.165) is 38.2 Å². The molecule has 0 amide bonds. The maximum atomic E-state index is 12.3. The van der Waals surface area contributed by atoms with E-state index in [0.29, 0.717) is 6.04 Å². The molecule has 1 aliphatic rings. The van der Waals surface area contributed by atoms with E-state index < -0.39 is 5.51 Å². The Hall–Kier alpha value is -0.430. The summed E-state index contributed by atoms with van der Waals surface area (Å²) < 4.78 is 36.9. The fraction of sp³-hybridized carbons (Fsp3) is 0.571. The Morgan fingerprint density at radius 2 is 1.76 bits per heavy atom. The van der Waals surface area contributed by atoms with E-state index >= 15 is 0 Å². The number of hydrogen-bond acceptors (Lipinski definition) is 3. The van der Waals surface area contributed by atoms with Crippen molar-refractivity contribution >= 4 is 24.2 Å². The van der Waals surface area contributed by atoms with Crippen LogP contribution in [0.5, 0.6) is 0 Å². The first-order chi connectivity index (χ1) is 9.49. The highest BCUT2D eigenvalue weighted by atomic mass is 35.5. The highest BCUT2D eigenvalue weighted by Crippen LogP contribution is 2.37. The zero-order valence-electron chi connectivity index (χ0n) is 11.8. The van der Waals surface area contributed by atoms with Crippen LogP contribution in [0.2, 0.25) is 0 Å². The largest absolute Gasteiger partial charge is 0.446 e. The van der Waals surface area contributed by atoms with E-state index in [-0.39, 0.29) is 29.1 Å². The summed E-state index contributed by atoms with van der Waals surface area (Å²) in [5, 5.41) is 3.31. The van der Waals surface area contributed by atoms with Crippen molar-refractivity contribution < 1.29 is 13.2 Å². The smallest absolute Gasteiger partial charge is 0.314 e. The molecule has 0 aromatic heterocycles. The van der Waals surface area contributed by atoms with Crippen LogP contribution in [0.3, 0.4) is 0 Å². The van der Waals surface area contributed by atoms with Gasteiger partial charge in [-0.3, -0.25) is 4.90 Å². The fourth-order valence-corrected chi connectivity index (χ4v) is 3.13. The lowest BCUT2D eigenvalue weighted by atomic mass is 10.0. The monoisotopic (exact) mass is 340 g/mol. The number of alkyl halides is 3. The summed E-state index contributed by atoms with van der Waals surface area (Å²) in [6.45, 7) is 6.03. The topological polar surface area (TPSA) is 15.3 Å². The van der Waals surface area contributed by atoms with Crippen molar-refractivity contribution in [3.8, 4) is 0 Å². The quantitative estimate of drug-likeness (QED) is 0.831. The number of halogens is 4. The van der Waals surface area contributed by atoms with Crippen molar-refractivity contribution in [1.82, 2.24) is 10.2 Å². The van der Waals surface area contributed by atoms with Crippen molar-refractivity contribution in [3.05, 3.63) is 29.8 Å². The maximum absolute atomic E-state index is 12.3. The Balaban J connectivity index is 0.00000220. The summed E-state index contributed by atoms with van der Waals surface area (Å²) in [5.74, 6) is 0. The van der Waals surface area contributed by atoms with Gasteiger partial charge in [-0.1, -0.05) is 19.1 Å². The molecule has 0 aliphatic carbocycles. The number of thioether (sulfide) groups is 1. The molecular formula is C14H20ClF3N2S. The van der Waals surface area contributed by atoms with Crippen LogP contribution in [-0.2, 0) is 0 Å². The molecule has 7 heteroatoms. The van der Waals surface area contributed by atoms with Gasteiger partial charge in [0, 0.05) is 37.1 Å². The number of nitrogens with zero attached hydrogens (tertiary/aromatic N) is 1. The van der Waals surface area contributed by atoms with Gasteiger partial charge in [-0.25, -0.2) is 0 Å². The van der Waals surface area contributed by atoms with Gasteiger partial charge in [0.05, 0.1) is 0 Å². The summed E-state index contributed by atoms with van der Waals surface area (Å²) in [7, 11) is 0. The van der Waals surface area contributed by atoms with Gasteiger partial charge in [0.25, 0.3) is 0 Å². The van der Waals surface area contributed by atoms with Crippen molar-refractivity contribution in [3.63, 3.8) is 0 Å². The lowest BCUT2D eigenvalue weighted by molar-refractivity contribution is -0.0328. The fourth-order valence-electron chi connectivity index (χ4n) is 2.59. The van der Waals surface area contributed by atoms with Gasteiger partial charge < -0.3 is 5.32 Å². The molecule has 1 fully saturated rings. The molecule has 2 rings (SSSR count). The Morgan fingerprint density at radius 1 is 1.19 bits per heavy atom. The minimum absolute atomic E-state index is 0. The summed E-state index contributed by atoms with van der Waals surface area (Å²) in [6.07, 6.45) is 0.964. The molecule has 0 spiro atoms. The van der Waals surface area contributed by atoms with E-state index in [1.807, 2.05) is 12.1 Å². The van der Waals surface area contributed by atoms with Gasteiger partial charge in [-0.2, -0.15) is 13.2 Å². The van der Waals surface area contributed by atoms with Crippen LogP contribution in [-0.4, -0.2) is 36.6 Å². The first kappa shape index (κ1) is 18.6. The first-order valence-electron chi connectivity index (χ1n) is 6.80. The molecule has 0 unspecified atom stereocenters. The number of nitrogens with one attached hydrogen (secondary N) is 1. The van der Waals surface area contributed by atoms with Crippen LogP contribution in [0.25, 0.3) is 0 Å². The second kappa shape index (κ2) is 8.27. The summed E-state index contributed by atoms with van der Waals surface area (Å²) in [5.41, 5.74) is -3.12. The Kier molecular flexibility index (Phi) is 7.33. The van der Waals surface area contributed by atoms with E-state index in [1.54, 1.807) is 12.1 Å².